The third-order valence-electron chi connectivity index (χ3n) is 11.9. The zero-order valence-corrected chi connectivity index (χ0v) is 27.6. The Morgan fingerprint density at radius 2 is 1.81 bits per heavy atom. The van der Waals surface area contributed by atoms with Gasteiger partial charge in [0, 0.05) is 44.5 Å². The number of nitrogens with zero attached hydrogens (tertiary/aromatic N) is 8. The Hall–Kier alpha value is -4.29. The van der Waals surface area contributed by atoms with Gasteiger partial charge in [0.25, 0.3) is 5.91 Å². The lowest BCUT2D eigenvalue weighted by molar-refractivity contribution is -0.208. The number of hydrogen-bond acceptors (Lipinski definition) is 10. The summed E-state index contributed by atoms with van der Waals surface area (Å²) in [5.41, 5.74) is 2.45. The summed E-state index contributed by atoms with van der Waals surface area (Å²) < 4.78 is 1.90. The molecule has 0 aromatic carbocycles. The summed E-state index contributed by atoms with van der Waals surface area (Å²) in [5.74, 6) is 0.800. The Bertz CT molecular complexity index is 1850. The lowest BCUT2D eigenvalue weighted by atomic mass is 9.33. The summed E-state index contributed by atoms with van der Waals surface area (Å²) in [6, 6.07) is -0.238. The molecular formula is C34H43N9O4. The fraction of sp³-hybridized carbons (Fsp3) is 0.618. The molecule has 0 spiro atoms. The minimum absolute atomic E-state index is 0.00118. The van der Waals surface area contributed by atoms with Crippen molar-refractivity contribution in [2.45, 2.75) is 95.8 Å². The average molecular weight is 642 g/mol. The summed E-state index contributed by atoms with van der Waals surface area (Å²) in [5, 5.41) is 13.9. The van der Waals surface area contributed by atoms with E-state index in [9.17, 15) is 19.5 Å². The van der Waals surface area contributed by atoms with Crippen molar-refractivity contribution in [2.24, 2.45) is 11.3 Å². The molecule has 1 aliphatic heterocycles. The topological polar surface area (TPSA) is 150 Å². The maximum absolute atomic E-state index is 14.4. The monoisotopic (exact) mass is 641 g/mol. The Kier molecular flexibility index (Phi) is 6.79. The van der Waals surface area contributed by atoms with E-state index in [1.807, 2.05) is 30.5 Å². The molecule has 0 unspecified atom stereocenters. The van der Waals surface area contributed by atoms with E-state index in [4.69, 9.17) is 9.97 Å². The predicted molar refractivity (Wildman–Crippen MR) is 176 cm³/mol. The smallest absolute Gasteiger partial charge is 0.276 e. The molecule has 4 heterocycles. The molecule has 1 saturated heterocycles. The van der Waals surface area contributed by atoms with Crippen LogP contribution < -0.4 is 20.5 Å². The highest BCUT2D eigenvalue weighted by molar-refractivity contribution is 5.95. The first-order chi connectivity index (χ1) is 22.5. The van der Waals surface area contributed by atoms with Gasteiger partial charge < -0.3 is 29.7 Å². The van der Waals surface area contributed by atoms with Crippen molar-refractivity contribution in [3.05, 3.63) is 39.8 Å². The van der Waals surface area contributed by atoms with E-state index >= 15 is 0 Å². The SMILES string of the molecule is CCc1c(N2CCN(C(=O)c3ncnc(C)c3O)[C@H]3CC[C@@H]32)c(=O)c2nc(N(C)C)cnc2n1CC(=O)NC12CC(C3CCC3)(C1)C2. The summed E-state index contributed by atoms with van der Waals surface area (Å²) in [7, 11) is 3.71. The van der Waals surface area contributed by atoms with Crippen LogP contribution in [0.15, 0.2) is 17.3 Å². The maximum atomic E-state index is 14.4. The number of amides is 2. The molecule has 3 aromatic rings. The number of hydrogen-bond donors (Lipinski definition) is 2. The number of aromatic hydroxyl groups is 1. The van der Waals surface area contributed by atoms with Gasteiger partial charge in [-0.3, -0.25) is 14.4 Å². The predicted octanol–water partition coefficient (Wildman–Crippen LogP) is 2.56. The second kappa shape index (κ2) is 10.6. The number of aryl methyl sites for hydroxylation is 1. The molecule has 3 aromatic heterocycles. The van der Waals surface area contributed by atoms with Gasteiger partial charge in [-0.2, -0.15) is 0 Å². The zero-order valence-electron chi connectivity index (χ0n) is 27.6. The van der Waals surface area contributed by atoms with Crippen molar-refractivity contribution in [3.8, 4) is 5.75 Å². The van der Waals surface area contributed by atoms with Crippen LogP contribution in [0.1, 0.15) is 80.2 Å². The Labute approximate surface area is 273 Å². The number of rotatable bonds is 8. The fourth-order valence-corrected chi connectivity index (χ4v) is 9.22. The molecule has 2 N–H and O–H groups in total. The van der Waals surface area contributed by atoms with E-state index in [0.717, 1.165) is 43.7 Å². The quantitative estimate of drug-likeness (QED) is 0.376. The zero-order chi connectivity index (χ0) is 32.8. The van der Waals surface area contributed by atoms with Gasteiger partial charge in [0.05, 0.1) is 17.9 Å². The van der Waals surface area contributed by atoms with Crippen LogP contribution in [-0.4, -0.2) is 91.1 Å². The minimum atomic E-state index is -0.333. The molecule has 2 atom stereocenters. The normalized spacial score (nSPS) is 27.7. The number of nitrogens with one attached hydrogen (secondary N) is 1. The first kappa shape index (κ1) is 30.1. The first-order valence-corrected chi connectivity index (χ1v) is 17.0. The molecule has 5 saturated carbocycles. The van der Waals surface area contributed by atoms with Crippen LogP contribution in [-0.2, 0) is 17.8 Å². The number of aromatic nitrogens is 5. The third-order valence-corrected chi connectivity index (χ3v) is 11.9. The average Bonchev–Trinajstić information content (AvgIpc) is 2.96. The fourth-order valence-electron chi connectivity index (χ4n) is 9.22. The maximum Gasteiger partial charge on any atom is 0.276 e. The standard InChI is InChI=1S/C34H43N9O4/c1-5-21-28(41-11-12-42(23-10-9-22(23)41)32(47)27-29(45)19(2)36-18-37-27)30(46)26-31(35-13-24(38-26)40(3)4)43(21)14-25(44)39-34-15-33(16-34,17-34)20-7-6-8-20/h13,18,20,22-23,45H,5-12,14-17H2,1-4H3,(H,39,44)/t22-,23-,33?,34?/m0/s1. The largest absolute Gasteiger partial charge is 0.504 e. The van der Waals surface area contributed by atoms with Gasteiger partial charge in [-0.05, 0) is 69.6 Å². The van der Waals surface area contributed by atoms with Gasteiger partial charge in [-0.1, -0.05) is 13.3 Å². The highest BCUT2D eigenvalue weighted by atomic mass is 16.3. The van der Waals surface area contributed by atoms with Crippen molar-refractivity contribution < 1.29 is 14.7 Å². The molecule has 9 rings (SSSR count). The number of piperazine rings is 1. The molecule has 47 heavy (non-hydrogen) atoms. The van der Waals surface area contributed by atoms with E-state index in [1.54, 1.807) is 18.0 Å². The molecule has 2 amide bonds. The summed E-state index contributed by atoms with van der Waals surface area (Å²) in [4.78, 5) is 65.0. The van der Waals surface area contributed by atoms with Crippen molar-refractivity contribution in [2.75, 3.05) is 37.0 Å². The number of carbonyl (C=O) groups excluding carboxylic acids is 2. The molecule has 6 aliphatic rings. The summed E-state index contributed by atoms with van der Waals surface area (Å²) in [6.45, 7) is 4.48. The lowest BCUT2D eigenvalue weighted by Crippen LogP contribution is -2.77. The van der Waals surface area contributed by atoms with E-state index in [0.29, 0.717) is 47.8 Å². The van der Waals surface area contributed by atoms with Crippen molar-refractivity contribution in [1.29, 1.82) is 0 Å². The second-order valence-corrected chi connectivity index (χ2v) is 14.8. The Balaban J connectivity index is 1.12. The van der Waals surface area contributed by atoms with Crippen LogP contribution in [0, 0.1) is 18.3 Å². The van der Waals surface area contributed by atoms with Gasteiger partial charge in [0.2, 0.25) is 11.3 Å². The number of fused-ring (bicyclic) bond motifs is 2. The first-order valence-electron chi connectivity index (χ1n) is 17.0. The van der Waals surface area contributed by atoms with E-state index < -0.39 is 0 Å². The summed E-state index contributed by atoms with van der Waals surface area (Å²) >= 11 is 0. The Morgan fingerprint density at radius 3 is 2.45 bits per heavy atom. The van der Waals surface area contributed by atoms with Gasteiger partial charge in [-0.25, -0.2) is 19.9 Å². The molecule has 2 bridgehead atoms. The molecule has 5 aliphatic carbocycles. The summed E-state index contributed by atoms with van der Waals surface area (Å²) in [6.07, 6.45) is 12.3. The molecule has 13 heteroatoms. The van der Waals surface area contributed by atoms with Crippen LogP contribution in [0.4, 0.5) is 11.5 Å². The van der Waals surface area contributed by atoms with Gasteiger partial charge >= 0.3 is 0 Å². The molecule has 0 radical (unpaired) electrons. The molecule has 6 fully saturated rings. The third kappa shape index (κ3) is 4.44. The molecule has 13 nitrogen and oxygen atoms in total. The van der Waals surface area contributed by atoms with E-state index in [2.05, 4.69) is 20.2 Å². The minimum Gasteiger partial charge on any atom is -0.504 e. The van der Waals surface area contributed by atoms with Crippen LogP contribution in [0.3, 0.4) is 0 Å². The van der Waals surface area contributed by atoms with Gasteiger partial charge in [0.15, 0.2) is 22.6 Å². The van der Waals surface area contributed by atoms with Crippen LogP contribution in [0.25, 0.3) is 11.2 Å². The van der Waals surface area contributed by atoms with Gasteiger partial charge in [0.1, 0.15) is 24.4 Å². The Morgan fingerprint density at radius 1 is 1.06 bits per heavy atom. The van der Waals surface area contributed by atoms with Crippen LogP contribution >= 0.6 is 0 Å². The van der Waals surface area contributed by atoms with E-state index in [-0.39, 0.29) is 58.4 Å². The van der Waals surface area contributed by atoms with Crippen molar-refractivity contribution in [1.82, 2.24) is 34.7 Å². The number of pyridine rings is 1. The highest BCUT2D eigenvalue weighted by Gasteiger charge is 2.71. The van der Waals surface area contributed by atoms with Crippen molar-refractivity contribution >= 4 is 34.5 Å². The lowest BCUT2D eigenvalue weighted by Gasteiger charge is -2.74. The number of carbonyl (C=O) groups is 2. The highest BCUT2D eigenvalue weighted by Crippen LogP contribution is 2.73. The van der Waals surface area contributed by atoms with E-state index in [1.165, 1.54) is 25.6 Å². The number of anilines is 2. The molecule has 248 valence electrons. The van der Waals surface area contributed by atoms with Crippen LogP contribution in [0.2, 0.25) is 0 Å². The molecular weight excluding hydrogens is 598 g/mol. The van der Waals surface area contributed by atoms with Gasteiger partial charge in [-0.15, -0.1) is 0 Å². The van der Waals surface area contributed by atoms with Crippen LogP contribution in [0.5, 0.6) is 5.75 Å². The van der Waals surface area contributed by atoms with Crippen molar-refractivity contribution in [3.63, 3.8) is 0 Å². The second-order valence-electron chi connectivity index (χ2n) is 14.8.